The average Bonchev–Trinajstić information content (AvgIpc) is 2.44. The van der Waals surface area contributed by atoms with Crippen molar-refractivity contribution in [2.45, 2.75) is 44.7 Å². The largest absolute Gasteiger partial charge is 0.299 e. The summed E-state index contributed by atoms with van der Waals surface area (Å²) < 4.78 is 2.69. The van der Waals surface area contributed by atoms with Crippen LogP contribution in [0.25, 0.3) is 0 Å². The van der Waals surface area contributed by atoms with Gasteiger partial charge in [0.05, 0.1) is 0 Å². The van der Waals surface area contributed by atoms with E-state index in [-0.39, 0.29) is 0 Å². The Morgan fingerprint density at radius 3 is 2.75 bits per heavy atom. The Labute approximate surface area is 104 Å². The van der Waals surface area contributed by atoms with E-state index in [1.54, 1.807) is 0 Å². The van der Waals surface area contributed by atoms with Crippen LogP contribution in [0.1, 0.15) is 33.1 Å². The quantitative estimate of drug-likeness (QED) is 0.685. The van der Waals surface area contributed by atoms with Crippen molar-refractivity contribution < 1.29 is 0 Å². The summed E-state index contributed by atoms with van der Waals surface area (Å²) in [5.41, 5.74) is 1.12. The molecule has 0 N–H and O–H groups in total. The van der Waals surface area contributed by atoms with Crippen LogP contribution in [0.15, 0.2) is 0 Å². The number of nitrogens with zero attached hydrogens (tertiary/aromatic N) is 2. The lowest BCUT2D eigenvalue weighted by Crippen LogP contribution is -2.56. The zero-order valence-electron chi connectivity index (χ0n) is 11.0. The first-order chi connectivity index (χ1) is 7.55. The van der Waals surface area contributed by atoms with E-state index >= 15 is 0 Å². The maximum atomic E-state index is 2.69. The molecule has 3 aliphatic rings. The summed E-state index contributed by atoms with van der Waals surface area (Å²) in [6.07, 6.45) is 6.53. The Balaban J connectivity index is 2.04. The van der Waals surface area contributed by atoms with Crippen molar-refractivity contribution in [3.8, 4) is 0 Å². The van der Waals surface area contributed by atoms with Gasteiger partial charge in [0.2, 0.25) is 0 Å². The smallest absolute Gasteiger partial charge is 0.0387 e. The maximum absolute atomic E-state index is 2.69. The summed E-state index contributed by atoms with van der Waals surface area (Å²) in [7, 11) is 2.34. The van der Waals surface area contributed by atoms with E-state index in [0.717, 1.165) is 12.0 Å². The van der Waals surface area contributed by atoms with Gasteiger partial charge in [-0.05, 0) is 50.8 Å². The lowest BCUT2D eigenvalue weighted by Gasteiger charge is -2.50. The number of hydrogen-bond donors (Lipinski definition) is 0. The molecule has 0 amide bonds. The molecule has 0 radical (unpaired) electrons. The van der Waals surface area contributed by atoms with Gasteiger partial charge in [-0.3, -0.25) is 4.90 Å². The second kappa shape index (κ2) is 3.39. The molecule has 0 aromatic rings. The minimum atomic E-state index is 0.483. The lowest BCUT2D eigenvalue weighted by molar-refractivity contribution is 0.0204. The predicted molar refractivity (Wildman–Crippen MR) is 70.5 cm³/mol. The first kappa shape index (κ1) is 11.4. The highest BCUT2D eigenvalue weighted by molar-refractivity contribution is 7.96. The molecule has 16 heavy (non-hydrogen) atoms. The summed E-state index contributed by atoms with van der Waals surface area (Å²) >= 11 is 1.97. The van der Waals surface area contributed by atoms with Gasteiger partial charge in [-0.15, -0.1) is 0 Å². The molecule has 4 atom stereocenters. The van der Waals surface area contributed by atoms with Gasteiger partial charge in [0, 0.05) is 24.7 Å². The molecule has 0 spiro atoms. The number of fused-ring (bicyclic) bond motifs is 3. The third-order valence-corrected chi connectivity index (χ3v) is 6.83. The Morgan fingerprint density at radius 1 is 1.38 bits per heavy atom. The van der Waals surface area contributed by atoms with Crippen molar-refractivity contribution in [1.29, 1.82) is 0 Å². The van der Waals surface area contributed by atoms with Gasteiger partial charge in [-0.25, -0.2) is 4.31 Å². The molecule has 2 heterocycles. The van der Waals surface area contributed by atoms with Crippen LogP contribution in [0.3, 0.4) is 0 Å². The van der Waals surface area contributed by atoms with Crippen LogP contribution in [-0.2, 0) is 0 Å². The van der Waals surface area contributed by atoms with Gasteiger partial charge in [0.15, 0.2) is 0 Å². The third kappa shape index (κ3) is 1.17. The lowest BCUT2D eigenvalue weighted by atomic mass is 9.71. The molecule has 2 aliphatic heterocycles. The molecule has 92 valence electrons. The van der Waals surface area contributed by atoms with E-state index < -0.39 is 0 Å². The molecule has 0 aromatic heterocycles. The van der Waals surface area contributed by atoms with Gasteiger partial charge < -0.3 is 0 Å². The highest BCUT2D eigenvalue weighted by Gasteiger charge is 2.64. The van der Waals surface area contributed by atoms with Crippen molar-refractivity contribution in [2.75, 3.05) is 26.4 Å². The molecule has 3 fully saturated rings. The molecule has 3 bridgehead atoms. The van der Waals surface area contributed by atoms with Gasteiger partial charge in [-0.2, -0.15) is 0 Å². The van der Waals surface area contributed by atoms with Gasteiger partial charge in [-0.1, -0.05) is 18.9 Å². The van der Waals surface area contributed by atoms with Gasteiger partial charge >= 0.3 is 0 Å². The number of rotatable bonds is 2. The topological polar surface area (TPSA) is 6.48 Å². The standard InChI is InChI=1S/C13H24N2S/c1-5-13-6-10-7-15(16-4)11(13)8-14(3)12(10,2)9-13/h10-11H,5-9H2,1-4H3. The van der Waals surface area contributed by atoms with Gasteiger partial charge in [0.1, 0.15) is 0 Å². The maximum Gasteiger partial charge on any atom is 0.0387 e. The van der Waals surface area contributed by atoms with E-state index in [4.69, 9.17) is 0 Å². The van der Waals surface area contributed by atoms with Crippen LogP contribution in [0.5, 0.6) is 0 Å². The van der Waals surface area contributed by atoms with Crippen LogP contribution in [0.4, 0.5) is 0 Å². The first-order valence-electron chi connectivity index (χ1n) is 6.58. The van der Waals surface area contributed by atoms with E-state index in [0.29, 0.717) is 11.0 Å². The van der Waals surface area contributed by atoms with Crippen LogP contribution in [0.2, 0.25) is 0 Å². The first-order valence-corrected chi connectivity index (χ1v) is 7.76. The second-order valence-electron chi connectivity index (χ2n) is 6.33. The zero-order chi connectivity index (χ0) is 11.6. The van der Waals surface area contributed by atoms with Crippen molar-refractivity contribution in [3.63, 3.8) is 0 Å². The van der Waals surface area contributed by atoms with Crippen LogP contribution >= 0.6 is 11.9 Å². The highest BCUT2D eigenvalue weighted by Crippen LogP contribution is 2.62. The molecule has 3 heteroatoms. The normalized spacial score (nSPS) is 52.5. The van der Waals surface area contributed by atoms with Crippen LogP contribution in [0, 0.1) is 11.3 Å². The zero-order valence-corrected chi connectivity index (χ0v) is 11.8. The number of likely N-dealkylation sites (N-methyl/N-ethyl adjacent to an activating group) is 1. The molecule has 1 aliphatic carbocycles. The van der Waals surface area contributed by atoms with E-state index in [1.807, 2.05) is 11.9 Å². The Morgan fingerprint density at radius 2 is 2.12 bits per heavy atom. The molecule has 2 nitrogen and oxygen atoms in total. The molecule has 0 aromatic carbocycles. The Kier molecular flexibility index (Phi) is 2.41. The van der Waals surface area contributed by atoms with E-state index in [1.165, 1.54) is 32.4 Å². The SMILES string of the molecule is CCC12CC3CN(SC)C1CN(C)C3(C)C2. The number of piperidine rings is 2. The molecule has 2 saturated heterocycles. The number of likely N-dealkylation sites (tertiary alicyclic amines) is 1. The molecule has 4 unspecified atom stereocenters. The highest BCUT2D eigenvalue weighted by atomic mass is 32.2. The fraction of sp³-hybridized carbons (Fsp3) is 1.00. The van der Waals surface area contributed by atoms with Crippen molar-refractivity contribution in [2.24, 2.45) is 11.3 Å². The summed E-state index contributed by atoms with van der Waals surface area (Å²) in [6.45, 7) is 7.51. The van der Waals surface area contributed by atoms with Gasteiger partial charge in [0.25, 0.3) is 0 Å². The summed E-state index contributed by atoms with van der Waals surface area (Å²) in [5.74, 6) is 0.892. The number of hydrogen-bond acceptors (Lipinski definition) is 3. The third-order valence-electron chi connectivity index (χ3n) is 5.95. The summed E-state index contributed by atoms with van der Waals surface area (Å²) in [4.78, 5) is 2.65. The summed E-state index contributed by atoms with van der Waals surface area (Å²) in [6, 6.07) is 0.796. The monoisotopic (exact) mass is 240 g/mol. The molecular weight excluding hydrogens is 216 g/mol. The Bertz CT molecular complexity index is 308. The molecule has 1 saturated carbocycles. The van der Waals surface area contributed by atoms with E-state index in [9.17, 15) is 0 Å². The van der Waals surface area contributed by atoms with Crippen LogP contribution in [-0.4, -0.2) is 47.2 Å². The summed E-state index contributed by atoms with van der Waals surface area (Å²) in [5, 5.41) is 0. The van der Waals surface area contributed by atoms with E-state index in [2.05, 4.69) is 36.4 Å². The van der Waals surface area contributed by atoms with Crippen LogP contribution < -0.4 is 0 Å². The fourth-order valence-electron chi connectivity index (χ4n) is 4.71. The minimum Gasteiger partial charge on any atom is -0.299 e. The Hall–Kier alpha value is 0.270. The van der Waals surface area contributed by atoms with Crippen molar-refractivity contribution in [1.82, 2.24) is 9.21 Å². The predicted octanol–water partition coefficient (Wildman–Crippen LogP) is 2.46. The second-order valence-corrected chi connectivity index (χ2v) is 7.16. The molecular formula is C13H24N2S. The minimum absolute atomic E-state index is 0.483. The fourth-order valence-corrected chi connectivity index (χ4v) is 5.58. The average molecular weight is 240 g/mol. The molecule has 3 rings (SSSR count). The van der Waals surface area contributed by atoms with Crippen molar-refractivity contribution in [3.05, 3.63) is 0 Å². The van der Waals surface area contributed by atoms with Crippen molar-refractivity contribution >= 4 is 11.9 Å².